The number of hydrogen-bond acceptors (Lipinski definition) is 2. The fraction of sp³-hybridized carbons (Fsp3) is 0.250. The molecule has 0 unspecified atom stereocenters. The van der Waals surface area contributed by atoms with Crippen molar-refractivity contribution in [1.82, 2.24) is 0 Å². The lowest BCUT2D eigenvalue weighted by Gasteiger charge is -2.17. The number of alkyl halides is 1. The summed E-state index contributed by atoms with van der Waals surface area (Å²) >= 11 is 5.53. The van der Waals surface area contributed by atoms with E-state index >= 15 is 0 Å². The van der Waals surface area contributed by atoms with Crippen LogP contribution in [0.5, 0.6) is 0 Å². The van der Waals surface area contributed by atoms with Gasteiger partial charge in [-0.05, 0) is 18.2 Å². The number of anilines is 1. The Hall–Kier alpha value is -1.46. The van der Waals surface area contributed by atoms with Crippen LogP contribution in [0.3, 0.4) is 0 Å². The summed E-state index contributed by atoms with van der Waals surface area (Å²) in [5, 5.41) is 8.76. The highest BCUT2D eigenvalue weighted by Crippen LogP contribution is 2.13. The monoisotopic (exact) mass is 220 g/mol. The Balaban J connectivity index is 2.69. The van der Waals surface area contributed by atoms with E-state index in [2.05, 4.69) is 11.0 Å². The van der Waals surface area contributed by atoms with Crippen molar-refractivity contribution >= 4 is 17.3 Å². The van der Waals surface area contributed by atoms with Crippen LogP contribution in [0.15, 0.2) is 36.4 Å². The molecule has 1 aromatic rings. The summed E-state index contributed by atoms with van der Waals surface area (Å²) in [6, 6.07) is 9.66. The van der Waals surface area contributed by atoms with E-state index < -0.39 is 0 Å². The quantitative estimate of drug-likeness (QED) is 0.576. The minimum Gasteiger partial charge on any atom is -0.371 e. The van der Waals surface area contributed by atoms with Crippen LogP contribution in [0, 0.1) is 11.3 Å². The number of halogens is 1. The molecule has 2 nitrogen and oxygen atoms in total. The normalized spacial score (nSPS) is 10.2. The predicted molar refractivity (Wildman–Crippen MR) is 64.3 cm³/mol. The Bertz CT molecular complexity index is 379. The Kier molecular flexibility index (Phi) is 4.73. The molecule has 0 saturated heterocycles. The largest absolute Gasteiger partial charge is 0.371 e. The molecule has 0 N–H and O–H groups in total. The third-order valence-electron chi connectivity index (χ3n) is 2.05. The molecule has 0 bridgehead atoms. The van der Waals surface area contributed by atoms with Crippen LogP contribution in [0.2, 0.25) is 0 Å². The van der Waals surface area contributed by atoms with Gasteiger partial charge in [-0.25, -0.2) is 0 Å². The van der Waals surface area contributed by atoms with E-state index in [-0.39, 0.29) is 0 Å². The maximum atomic E-state index is 8.76. The molecule has 0 aromatic heterocycles. The summed E-state index contributed by atoms with van der Waals surface area (Å²) in [7, 11) is 1.98. The number of nitriles is 1. The van der Waals surface area contributed by atoms with Gasteiger partial charge < -0.3 is 4.90 Å². The van der Waals surface area contributed by atoms with Crippen LogP contribution in [-0.2, 0) is 0 Å². The minimum absolute atomic E-state index is 0.534. The molecular formula is C12H13ClN2. The average molecular weight is 221 g/mol. The molecule has 0 atom stereocenters. The maximum Gasteiger partial charge on any atom is 0.0992 e. The molecule has 0 spiro atoms. The Morgan fingerprint density at radius 1 is 1.47 bits per heavy atom. The zero-order valence-electron chi connectivity index (χ0n) is 8.65. The van der Waals surface area contributed by atoms with Gasteiger partial charge in [-0.3, -0.25) is 0 Å². The fourth-order valence-corrected chi connectivity index (χ4v) is 1.34. The molecule has 0 amide bonds. The number of hydrogen-bond donors (Lipinski definition) is 0. The summed E-state index contributed by atoms with van der Waals surface area (Å²) in [5.41, 5.74) is 1.72. The second-order valence-electron chi connectivity index (χ2n) is 3.17. The van der Waals surface area contributed by atoms with Gasteiger partial charge in [0, 0.05) is 25.2 Å². The van der Waals surface area contributed by atoms with Gasteiger partial charge in [-0.1, -0.05) is 18.2 Å². The standard InChI is InChI=1S/C12H13ClN2/c1-15(8-3-2-7-13)12-6-4-5-11(9-12)10-14/h2-6,9H,7-8H2,1H3. The summed E-state index contributed by atoms with van der Waals surface area (Å²) in [4.78, 5) is 2.06. The Labute approximate surface area is 95.4 Å². The first-order valence-corrected chi connectivity index (χ1v) is 5.23. The molecule has 3 heteroatoms. The molecule has 15 heavy (non-hydrogen) atoms. The average Bonchev–Trinajstić information content (AvgIpc) is 2.29. The van der Waals surface area contributed by atoms with E-state index in [4.69, 9.17) is 16.9 Å². The van der Waals surface area contributed by atoms with Crippen LogP contribution >= 0.6 is 11.6 Å². The molecule has 78 valence electrons. The predicted octanol–water partition coefficient (Wildman–Crippen LogP) is 2.79. The topological polar surface area (TPSA) is 27.0 Å². The van der Waals surface area contributed by atoms with Crippen molar-refractivity contribution in [3.05, 3.63) is 42.0 Å². The van der Waals surface area contributed by atoms with Crippen molar-refractivity contribution in [3.8, 4) is 6.07 Å². The van der Waals surface area contributed by atoms with Gasteiger partial charge in [0.05, 0.1) is 11.6 Å². The Morgan fingerprint density at radius 2 is 2.27 bits per heavy atom. The molecule has 0 aliphatic heterocycles. The van der Waals surface area contributed by atoms with E-state index in [9.17, 15) is 0 Å². The van der Waals surface area contributed by atoms with Gasteiger partial charge in [0.2, 0.25) is 0 Å². The first-order chi connectivity index (χ1) is 7.27. The van der Waals surface area contributed by atoms with Crippen molar-refractivity contribution in [2.45, 2.75) is 0 Å². The molecule has 0 heterocycles. The summed E-state index contributed by atoms with van der Waals surface area (Å²) in [5.74, 6) is 0.534. The molecule has 0 saturated carbocycles. The van der Waals surface area contributed by atoms with Crippen LogP contribution < -0.4 is 4.90 Å². The molecule has 0 radical (unpaired) electrons. The van der Waals surface area contributed by atoms with Crippen molar-refractivity contribution in [3.63, 3.8) is 0 Å². The highest BCUT2D eigenvalue weighted by atomic mass is 35.5. The van der Waals surface area contributed by atoms with Crippen LogP contribution in [-0.4, -0.2) is 19.5 Å². The first kappa shape index (κ1) is 11.6. The zero-order chi connectivity index (χ0) is 11.1. The smallest absolute Gasteiger partial charge is 0.0992 e. The van der Waals surface area contributed by atoms with Crippen LogP contribution in [0.25, 0.3) is 0 Å². The molecule has 0 fully saturated rings. The van der Waals surface area contributed by atoms with E-state index in [0.29, 0.717) is 11.4 Å². The number of nitrogens with zero attached hydrogens (tertiary/aromatic N) is 2. The summed E-state index contributed by atoms with van der Waals surface area (Å²) in [6.07, 6.45) is 3.91. The van der Waals surface area contributed by atoms with Crippen molar-refractivity contribution in [1.29, 1.82) is 5.26 Å². The van der Waals surface area contributed by atoms with E-state index in [1.165, 1.54) is 0 Å². The second-order valence-corrected chi connectivity index (χ2v) is 3.48. The lowest BCUT2D eigenvalue weighted by atomic mass is 10.2. The van der Waals surface area contributed by atoms with Gasteiger partial charge in [0.1, 0.15) is 0 Å². The lowest BCUT2D eigenvalue weighted by molar-refractivity contribution is 1.03. The SMILES string of the molecule is CN(CC=CCCl)c1cccc(C#N)c1. The molecule has 0 aliphatic rings. The van der Waals surface area contributed by atoms with Gasteiger partial charge in [-0.2, -0.15) is 5.26 Å². The van der Waals surface area contributed by atoms with Gasteiger partial charge in [-0.15, -0.1) is 11.6 Å². The van der Waals surface area contributed by atoms with Gasteiger partial charge >= 0.3 is 0 Å². The van der Waals surface area contributed by atoms with Crippen molar-refractivity contribution < 1.29 is 0 Å². The minimum atomic E-state index is 0.534. The molecule has 1 rings (SSSR count). The molecule has 0 aliphatic carbocycles. The first-order valence-electron chi connectivity index (χ1n) is 4.70. The van der Waals surface area contributed by atoms with E-state index in [1.807, 2.05) is 37.4 Å². The summed E-state index contributed by atoms with van der Waals surface area (Å²) < 4.78 is 0. The molecular weight excluding hydrogens is 208 g/mol. The highest BCUT2D eigenvalue weighted by Gasteiger charge is 1.99. The lowest BCUT2D eigenvalue weighted by Crippen LogP contribution is -2.16. The summed E-state index contributed by atoms with van der Waals surface area (Å²) in [6.45, 7) is 0.793. The zero-order valence-corrected chi connectivity index (χ0v) is 9.41. The van der Waals surface area contributed by atoms with Crippen molar-refractivity contribution in [2.75, 3.05) is 24.4 Å². The van der Waals surface area contributed by atoms with E-state index in [0.717, 1.165) is 12.2 Å². The third-order valence-corrected chi connectivity index (χ3v) is 2.23. The van der Waals surface area contributed by atoms with Crippen LogP contribution in [0.1, 0.15) is 5.56 Å². The van der Waals surface area contributed by atoms with Crippen molar-refractivity contribution in [2.24, 2.45) is 0 Å². The van der Waals surface area contributed by atoms with Gasteiger partial charge in [0.25, 0.3) is 0 Å². The van der Waals surface area contributed by atoms with Crippen LogP contribution in [0.4, 0.5) is 5.69 Å². The van der Waals surface area contributed by atoms with E-state index in [1.54, 1.807) is 6.07 Å². The fourth-order valence-electron chi connectivity index (χ4n) is 1.21. The number of likely N-dealkylation sites (N-methyl/N-ethyl adjacent to an activating group) is 1. The maximum absolute atomic E-state index is 8.76. The number of benzene rings is 1. The molecule has 1 aromatic carbocycles. The number of rotatable bonds is 4. The highest BCUT2D eigenvalue weighted by molar-refractivity contribution is 6.18. The number of allylic oxidation sites excluding steroid dienone is 1. The third kappa shape index (κ3) is 3.65. The second kappa shape index (κ2) is 6.10. The Morgan fingerprint density at radius 3 is 2.93 bits per heavy atom. The van der Waals surface area contributed by atoms with Gasteiger partial charge in [0.15, 0.2) is 0 Å².